The second-order valence-electron chi connectivity index (χ2n) is 3.11. The Morgan fingerprint density at radius 1 is 1.77 bits per heavy atom. The smallest absolute Gasteiger partial charge is 0.323 e. The number of aliphatic carboxylic acids is 1. The largest absolute Gasteiger partial charge is 0.480 e. The first-order valence-corrected chi connectivity index (χ1v) is 5.29. The third-order valence-electron chi connectivity index (χ3n) is 1.66. The van der Waals surface area contributed by atoms with Gasteiger partial charge in [0.2, 0.25) is 0 Å². The van der Waals surface area contributed by atoms with Crippen molar-refractivity contribution in [2.45, 2.75) is 18.9 Å². The highest BCUT2D eigenvalue weighted by molar-refractivity contribution is 9.11. The van der Waals surface area contributed by atoms with E-state index in [0.717, 1.165) is 8.66 Å². The van der Waals surface area contributed by atoms with E-state index in [1.807, 2.05) is 12.1 Å². The Hall–Kier alpha value is -0.390. The third kappa shape index (κ3) is 2.79. The highest BCUT2D eigenvalue weighted by atomic mass is 79.9. The first-order chi connectivity index (χ1) is 5.92. The zero-order valence-corrected chi connectivity index (χ0v) is 9.48. The molecule has 1 heterocycles. The summed E-state index contributed by atoms with van der Waals surface area (Å²) in [6, 6.07) is 3.76. The van der Waals surface area contributed by atoms with E-state index in [9.17, 15) is 4.79 Å². The SMILES string of the molecule is CC(N)(Cc1ccc(Br)s1)C(=O)O. The Labute approximate surface area is 88.7 Å². The van der Waals surface area contributed by atoms with Gasteiger partial charge in [-0.2, -0.15) is 0 Å². The molecular formula is C8H10BrNO2S. The van der Waals surface area contributed by atoms with Crippen LogP contribution >= 0.6 is 27.3 Å². The molecule has 1 atom stereocenters. The molecule has 0 saturated carbocycles. The number of hydrogen-bond donors (Lipinski definition) is 2. The standard InChI is InChI=1S/C8H10BrNO2S/c1-8(10,7(11)12)4-5-2-3-6(9)13-5/h2-3H,4,10H2,1H3,(H,11,12). The average Bonchev–Trinajstić information content (AvgIpc) is 2.34. The molecule has 72 valence electrons. The van der Waals surface area contributed by atoms with Crippen molar-refractivity contribution in [2.24, 2.45) is 5.73 Å². The van der Waals surface area contributed by atoms with E-state index in [1.54, 1.807) is 0 Å². The van der Waals surface area contributed by atoms with Crippen molar-refractivity contribution < 1.29 is 9.90 Å². The van der Waals surface area contributed by atoms with Crippen LogP contribution in [0.4, 0.5) is 0 Å². The molecule has 3 N–H and O–H groups in total. The van der Waals surface area contributed by atoms with Gasteiger partial charge in [0.15, 0.2) is 0 Å². The van der Waals surface area contributed by atoms with Crippen molar-refractivity contribution in [1.29, 1.82) is 0 Å². The lowest BCUT2D eigenvalue weighted by Gasteiger charge is -2.17. The van der Waals surface area contributed by atoms with E-state index in [4.69, 9.17) is 10.8 Å². The molecule has 0 fully saturated rings. The topological polar surface area (TPSA) is 63.3 Å². The Morgan fingerprint density at radius 2 is 2.38 bits per heavy atom. The van der Waals surface area contributed by atoms with Crippen molar-refractivity contribution in [3.05, 3.63) is 20.8 Å². The van der Waals surface area contributed by atoms with E-state index in [1.165, 1.54) is 18.3 Å². The second kappa shape index (κ2) is 3.77. The molecule has 0 aliphatic carbocycles. The van der Waals surface area contributed by atoms with Crippen LogP contribution in [0.25, 0.3) is 0 Å². The normalized spacial score (nSPS) is 15.3. The molecule has 0 aromatic carbocycles. The average molecular weight is 264 g/mol. The van der Waals surface area contributed by atoms with Crippen LogP contribution in [0.3, 0.4) is 0 Å². The summed E-state index contributed by atoms with van der Waals surface area (Å²) in [6.07, 6.45) is 0.360. The highest BCUT2D eigenvalue weighted by Crippen LogP contribution is 2.24. The van der Waals surface area contributed by atoms with Crippen molar-refractivity contribution in [3.8, 4) is 0 Å². The minimum atomic E-state index is -1.18. The summed E-state index contributed by atoms with van der Waals surface area (Å²) in [5, 5.41) is 8.78. The lowest BCUT2D eigenvalue weighted by atomic mass is 9.99. The molecule has 3 nitrogen and oxygen atoms in total. The summed E-state index contributed by atoms with van der Waals surface area (Å²) in [4.78, 5) is 11.7. The fraction of sp³-hybridized carbons (Fsp3) is 0.375. The fourth-order valence-electron chi connectivity index (χ4n) is 0.884. The first kappa shape index (κ1) is 10.7. The molecule has 1 rings (SSSR count). The molecule has 0 radical (unpaired) electrons. The van der Waals surface area contributed by atoms with Gasteiger partial charge < -0.3 is 10.8 Å². The van der Waals surface area contributed by atoms with Gasteiger partial charge in [-0.15, -0.1) is 11.3 Å². The van der Waals surface area contributed by atoms with Gasteiger partial charge in [0.1, 0.15) is 5.54 Å². The molecule has 0 bridgehead atoms. The maximum atomic E-state index is 10.7. The Balaban J connectivity index is 2.74. The summed E-state index contributed by atoms with van der Waals surface area (Å²) in [5.41, 5.74) is 4.42. The highest BCUT2D eigenvalue weighted by Gasteiger charge is 2.28. The Morgan fingerprint density at radius 3 is 2.77 bits per heavy atom. The lowest BCUT2D eigenvalue weighted by Crippen LogP contribution is -2.46. The number of rotatable bonds is 3. The van der Waals surface area contributed by atoms with Crippen molar-refractivity contribution in [1.82, 2.24) is 0 Å². The van der Waals surface area contributed by atoms with Crippen LogP contribution < -0.4 is 5.73 Å². The predicted octanol–water partition coefficient (Wildman–Crippen LogP) is 1.86. The molecule has 5 heteroatoms. The van der Waals surface area contributed by atoms with Crippen molar-refractivity contribution >= 4 is 33.2 Å². The number of carbonyl (C=O) groups is 1. The van der Waals surface area contributed by atoms with E-state index < -0.39 is 11.5 Å². The summed E-state index contributed by atoms with van der Waals surface area (Å²) in [7, 11) is 0. The molecule has 1 aromatic rings. The maximum absolute atomic E-state index is 10.7. The monoisotopic (exact) mass is 263 g/mol. The van der Waals surface area contributed by atoms with Crippen LogP contribution in [0.5, 0.6) is 0 Å². The lowest BCUT2D eigenvalue weighted by molar-refractivity contribution is -0.142. The first-order valence-electron chi connectivity index (χ1n) is 3.68. The van der Waals surface area contributed by atoms with E-state index in [-0.39, 0.29) is 0 Å². The van der Waals surface area contributed by atoms with Gasteiger partial charge in [0.25, 0.3) is 0 Å². The van der Waals surface area contributed by atoms with Gasteiger partial charge in [-0.3, -0.25) is 4.79 Å². The van der Waals surface area contributed by atoms with Gasteiger partial charge >= 0.3 is 5.97 Å². The van der Waals surface area contributed by atoms with E-state index in [2.05, 4.69) is 15.9 Å². The fourth-order valence-corrected chi connectivity index (χ4v) is 2.53. The van der Waals surface area contributed by atoms with Crippen LogP contribution in [0.15, 0.2) is 15.9 Å². The zero-order valence-electron chi connectivity index (χ0n) is 7.08. The molecular weight excluding hydrogens is 254 g/mol. The van der Waals surface area contributed by atoms with E-state index >= 15 is 0 Å². The number of thiophene rings is 1. The molecule has 0 saturated heterocycles. The molecule has 1 aromatic heterocycles. The van der Waals surface area contributed by atoms with Gasteiger partial charge in [-0.1, -0.05) is 0 Å². The Bertz CT molecular complexity index is 322. The summed E-state index contributed by atoms with van der Waals surface area (Å²) >= 11 is 4.81. The van der Waals surface area contributed by atoms with E-state index in [0.29, 0.717) is 6.42 Å². The van der Waals surface area contributed by atoms with Crippen molar-refractivity contribution in [3.63, 3.8) is 0 Å². The second-order valence-corrected chi connectivity index (χ2v) is 5.65. The Kier molecular flexibility index (Phi) is 3.10. The van der Waals surface area contributed by atoms with Gasteiger partial charge in [0.05, 0.1) is 3.79 Å². The number of nitrogens with two attached hydrogens (primary N) is 1. The summed E-state index contributed by atoms with van der Waals surface area (Å²) in [6.45, 7) is 1.52. The third-order valence-corrected chi connectivity index (χ3v) is 3.28. The maximum Gasteiger partial charge on any atom is 0.323 e. The minimum absolute atomic E-state index is 0.360. The molecule has 0 amide bonds. The quantitative estimate of drug-likeness (QED) is 0.875. The van der Waals surface area contributed by atoms with Gasteiger partial charge in [-0.05, 0) is 35.0 Å². The summed E-state index contributed by atoms with van der Waals surface area (Å²) in [5.74, 6) is -0.975. The van der Waals surface area contributed by atoms with Crippen LogP contribution in [0.1, 0.15) is 11.8 Å². The van der Waals surface area contributed by atoms with Crippen LogP contribution in [0.2, 0.25) is 0 Å². The zero-order chi connectivity index (χ0) is 10.1. The number of carboxylic acids is 1. The predicted molar refractivity (Wildman–Crippen MR) is 56.0 cm³/mol. The van der Waals surface area contributed by atoms with Crippen molar-refractivity contribution in [2.75, 3.05) is 0 Å². The number of carboxylic acid groups (broad SMARTS) is 1. The van der Waals surface area contributed by atoms with Crippen LogP contribution in [0, 0.1) is 0 Å². The van der Waals surface area contributed by atoms with Gasteiger partial charge in [0, 0.05) is 11.3 Å². The molecule has 0 aliphatic heterocycles. The summed E-state index contributed by atoms with van der Waals surface area (Å²) < 4.78 is 0.990. The van der Waals surface area contributed by atoms with Crippen LogP contribution in [-0.2, 0) is 11.2 Å². The molecule has 0 aliphatic rings. The molecule has 13 heavy (non-hydrogen) atoms. The number of halogens is 1. The van der Waals surface area contributed by atoms with Gasteiger partial charge in [-0.25, -0.2) is 0 Å². The molecule has 0 spiro atoms. The number of hydrogen-bond acceptors (Lipinski definition) is 3. The minimum Gasteiger partial charge on any atom is -0.480 e. The molecule has 1 unspecified atom stereocenters. The van der Waals surface area contributed by atoms with Crippen LogP contribution in [-0.4, -0.2) is 16.6 Å².